The molecule has 0 spiro atoms. The monoisotopic (exact) mass is 370 g/mol. The van der Waals surface area contributed by atoms with E-state index in [1.807, 2.05) is 35.2 Å². The first-order chi connectivity index (χ1) is 12.8. The Labute approximate surface area is 159 Å². The predicted molar refractivity (Wildman–Crippen MR) is 103 cm³/mol. The van der Waals surface area contributed by atoms with E-state index in [0.717, 1.165) is 37.3 Å². The van der Waals surface area contributed by atoms with Gasteiger partial charge in [0.1, 0.15) is 11.1 Å². The molecular weight excluding hydrogens is 344 g/mol. The number of aromatic nitrogens is 3. The topological polar surface area (TPSA) is 61.9 Å². The first kappa shape index (κ1) is 17.6. The fraction of sp³-hybridized carbons (Fsp3) is 0.550. The summed E-state index contributed by atoms with van der Waals surface area (Å²) in [4.78, 5) is 19.9. The summed E-state index contributed by atoms with van der Waals surface area (Å²) in [5.41, 5.74) is 1.03. The molecule has 1 aliphatic carbocycles. The lowest BCUT2D eigenvalue weighted by Crippen LogP contribution is -2.38. The standard InChI is InChI=1S/C20H26N4OS/c25-19(24-13-7-2-8-14-24)17(15-9-3-1-4-10-15)26-20-21-18(22-23-20)16-11-5-6-12-16/h1,3-4,9-10,16-17H,2,5-8,11-14H2,(H,21,22,23). The molecule has 0 bridgehead atoms. The highest BCUT2D eigenvalue weighted by atomic mass is 32.2. The third-order valence-corrected chi connectivity index (χ3v) is 6.54. The Morgan fingerprint density at radius 2 is 1.81 bits per heavy atom. The fourth-order valence-corrected chi connectivity index (χ4v) is 4.97. The fourth-order valence-electron chi connectivity index (χ4n) is 3.97. The number of piperidine rings is 1. The first-order valence-corrected chi connectivity index (χ1v) is 10.6. The summed E-state index contributed by atoms with van der Waals surface area (Å²) in [7, 11) is 0. The number of thioether (sulfide) groups is 1. The lowest BCUT2D eigenvalue weighted by atomic mass is 10.1. The van der Waals surface area contributed by atoms with E-state index in [-0.39, 0.29) is 11.2 Å². The molecule has 6 heteroatoms. The Balaban J connectivity index is 1.54. The van der Waals surface area contributed by atoms with Gasteiger partial charge >= 0.3 is 0 Å². The van der Waals surface area contributed by atoms with Crippen LogP contribution in [0.5, 0.6) is 0 Å². The van der Waals surface area contributed by atoms with Crippen LogP contribution < -0.4 is 0 Å². The molecule has 0 radical (unpaired) electrons. The molecule has 138 valence electrons. The second kappa shape index (κ2) is 8.25. The van der Waals surface area contributed by atoms with Crippen LogP contribution in [0, 0.1) is 0 Å². The van der Waals surface area contributed by atoms with E-state index in [4.69, 9.17) is 4.98 Å². The van der Waals surface area contributed by atoms with Gasteiger partial charge in [-0.2, -0.15) is 0 Å². The highest BCUT2D eigenvalue weighted by Crippen LogP contribution is 2.37. The van der Waals surface area contributed by atoms with Crippen molar-refractivity contribution >= 4 is 17.7 Å². The van der Waals surface area contributed by atoms with Gasteiger partial charge in [-0.15, -0.1) is 5.10 Å². The van der Waals surface area contributed by atoms with Gasteiger partial charge < -0.3 is 4.90 Å². The van der Waals surface area contributed by atoms with Crippen molar-refractivity contribution < 1.29 is 4.79 Å². The molecule has 1 atom stereocenters. The van der Waals surface area contributed by atoms with Crippen LogP contribution in [0.15, 0.2) is 35.5 Å². The van der Waals surface area contributed by atoms with Crippen LogP contribution in [0.2, 0.25) is 0 Å². The van der Waals surface area contributed by atoms with Crippen LogP contribution in [0.4, 0.5) is 0 Å². The number of hydrogen-bond donors (Lipinski definition) is 1. The van der Waals surface area contributed by atoms with Crippen LogP contribution in [-0.2, 0) is 4.79 Å². The molecule has 2 heterocycles. The number of carbonyl (C=O) groups is 1. The summed E-state index contributed by atoms with van der Waals surface area (Å²) < 4.78 is 0. The predicted octanol–water partition coefficient (Wildman–Crippen LogP) is 4.31. The Hall–Kier alpha value is -1.82. The molecule has 1 aromatic carbocycles. The molecule has 1 aliphatic heterocycles. The SMILES string of the molecule is O=C(C(Sc1n[nH]c(C2CCCC2)n1)c1ccccc1)N1CCCCC1. The Kier molecular flexibility index (Phi) is 5.58. The van der Waals surface area contributed by atoms with Gasteiger partial charge in [0.25, 0.3) is 0 Å². The third-order valence-electron chi connectivity index (χ3n) is 5.44. The third kappa shape index (κ3) is 3.95. The van der Waals surface area contributed by atoms with Crippen LogP contribution in [-0.4, -0.2) is 39.1 Å². The average molecular weight is 371 g/mol. The summed E-state index contributed by atoms with van der Waals surface area (Å²) >= 11 is 1.48. The maximum atomic E-state index is 13.2. The van der Waals surface area contributed by atoms with Gasteiger partial charge in [0, 0.05) is 19.0 Å². The lowest BCUT2D eigenvalue weighted by molar-refractivity contribution is -0.131. The number of aromatic amines is 1. The van der Waals surface area contributed by atoms with Crippen molar-refractivity contribution in [2.45, 2.75) is 61.3 Å². The molecule has 1 amide bonds. The Morgan fingerprint density at radius 3 is 2.54 bits per heavy atom. The minimum absolute atomic E-state index is 0.188. The smallest absolute Gasteiger partial charge is 0.240 e. The molecule has 2 aromatic rings. The van der Waals surface area contributed by atoms with Gasteiger partial charge in [-0.05, 0) is 37.7 Å². The lowest BCUT2D eigenvalue weighted by Gasteiger charge is -2.30. The molecule has 1 saturated carbocycles. The van der Waals surface area contributed by atoms with Crippen molar-refractivity contribution in [2.75, 3.05) is 13.1 Å². The van der Waals surface area contributed by atoms with Crippen molar-refractivity contribution in [2.24, 2.45) is 0 Å². The van der Waals surface area contributed by atoms with E-state index in [9.17, 15) is 4.79 Å². The molecule has 2 fully saturated rings. The van der Waals surface area contributed by atoms with Crippen molar-refractivity contribution in [1.29, 1.82) is 0 Å². The molecule has 1 aromatic heterocycles. The number of H-pyrrole nitrogens is 1. The molecule has 26 heavy (non-hydrogen) atoms. The van der Waals surface area contributed by atoms with Crippen molar-refractivity contribution in [3.8, 4) is 0 Å². The van der Waals surface area contributed by atoms with Gasteiger partial charge in [-0.1, -0.05) is 54.9 Å². The second-order valence-electron chi connectivity index (χ2n) is 7.28. The summed E-state index contributed by atoms with van der Waals surface area (Å²) in [6, 6.07) is 10.0. The van der Waals surface area contributed by atoms with Gasteiger partial charge in [0.05, 0.1) is 0 Å². The van der Waals surface area contributed by atoms with Gasteiger partial charge in [-0.3, -0.25) is 9.89 Å². The molecule has 5 nitrogen and oxygen atoms in total. The van der Waals surface area contributed by atoms with E-state index in [2.05, 4.69) is 10.2 Å². The Morgan fingerprint density at radius 1 is 1.08 bits per heavy atom. The zero-order valence-corrected chi connectivity index (χ0v) is 15.9. The number of carbonyl (C=O) groups excluding carboxylic acids is 1. The van der Waals surface area contributed by atoms with E-state index in [1.165, 1.54) is 43.9 Å². The van der Waals surface area contributed by atoms with Gasteiger partial charge in [0.15, 0.2) is 0 Å². The largest absolute Gasteiger partial charge is 0.341 e. The number of nitrogens with one attached hydrogen (secondary N) is 1. The van der Waals surface area contributed by atoms with Crippen LogP contribution >= 0.6 is 11.8 Å². The summed E-state index contributed by atoms with van der Waals surface area (Å²) in [5.74, 6) is 1.68. The number of rotatable bonds is 5. The minimum atomic E-state index is -0.276. The van der Waals surface area contributed by atoms with E-state index in [1.54, 1.807) is 0 Å². The van der Waals surface area contributed by atoms with Crippen LogP contribution in [0.1, 0.15) is 67.5 Å². The Bertz CT molecular complexity index is 720. The van der Waals surface area contributed by atoms with Crippen LogP contribution in [0.3, 0.4) is 0 Å². The molecule has 1 N–H and O–H groups in total. The molecule has 4 rings (SSSR count). The number of hydrogen-bond acceptors (Lipinski definition) is 4. The molecule has 2 aliphatic rings. The van der Waals surface area contributed by atoms with E-state index < -0.39 is 0 Å². The first-order valence-electron chi connectivity index (χ1n) is 9.74. The molecule has 1 unspecified atom stereocenters. The highest BCUT2D eigenvalue weighted by Gasteiger charge is 2.30. The van der Waals surface area contributed by atoms with E-state index >= 15 is 0 Å². The van der Waals surface area contributed by atoms with Crippen LogP contribution in [0.25, 0.3) is 0 Å². The number of likely N-dealkylation sites (tertiary alicyclic amines) is 1. The number of amides is 1. The zero-order chi connectivity index (χ0) is 17.8. The van der Waals surface area contributed by atoms with Crippen molar-refractivity contribution in [1.82, 2.24) is 20.1 Å². The minimum Gasteiger partial charge on any atom is -0.341 e. The van der Waals surface area contributed by atoms with E-state index in [0.29, 0.717) is 11.1 Å². The second-order valence-corrected chi connectivity index (χ2v) is 8.35. The van der Waals surface area contributed by atoms with Gasteiger partial charge in [-0.25, -0.2) is 4.98 Å². The normalized spacial score (nSPS) is 19.6. The summed E-state index contributed by atoms with van der Waals surface area (Å²) in [5, 5.41) is 7.94. The zero-order valence-electron chi connectivity index (χ0n) is 15.1. The quantitative estimate of drug-likeness (QED) is 0.797. The maximum absolute atomic E-state index is 13.2. The highest BCUT2D eigenvalue weighted by molar-refractivity contribution is 8.00. The number of benzene rings is 1. The number of nitrogens with zero attached hydrogens (tertiary/aromatic N) is 3. The van der Waals surface area contributed by atoms with Crippen molar-refractivity contribution in [3.63, 3.8) is 0 Å². The van der Waals surface area contributed by atoms with Gasteiger partial charge in [0.2, 0.25) is 11.1 Å². The van der Waals surface area contributed by atoms with Crippen molar-refractivity contribution in [3.05, 3.63) is 41.7 Å². The summed E-state index contributed by atoms with van der Waals surface area (Å²) in [6.45, 7) is 1.73. The summed E-state index contributed by atoms with van der Waals surface area (Å²) in [6.07, 6.45) is 8.34. The maximum Gasteiger partial charge on any atom is 0.240 e. The molecular formula is C20H26N4OS. The molecule has 1 saturated heterocycles. The average Bonchev–Trinajstić information content (AvgIpc) is 3.39.